The van der Waals surface area contributed by atoms with Crippen molar-refractivity contribution in [1.29, 1.82) is 0 Å². The molecule has 1 heterocycles. The molecule has 3 aromatic carbocycles. The van der Waals surface area contributed by atoms with Crippen LogP contribution < -0.4 is 14.4 Å². The van der Waals surface area contributed by atoms with E-state index in [-0.39, 0.29) is 23.2 Å². The molecule has 0 aromatic heterocycles. The zero-order chi connectivity index (χ0) is 26.4. The van der Waals surface area contributed by atoms with E-state index in [1.807, 2.05) is 24.3 Å². The molecule has 11 heteroatoms. The third-order valence-electron chi connectivity index (χ3n) is 5.36. The largest absolute Gasteiger partial charge is 0.492 e. The van der Waals surface area contributed by atoms with Crippen LogP contribution in [0.15, 0.2) is 71.6 Å². The molecule has 0 radical (unpaired) electrons. The molecular weight excluding hydrogens is 539 g/mol. The lowest BCUT2D eigenvalue weighted by Gasteiger charge is -2.28. The number of benzene rings is 3. The summed E-state index contributed by atoms with van der Waals surface area (Å²) in [5, 5.41) is 9.75. The standard InChI is InChI=1S/C26H22Cl2N2O6S/c27-18-7-10-20(28)22(13-18)36-26(34)29(15-25(32)33)14-17-5-8-19(9-6-17)35-12-11-30-21-3-1-2-4-23(21)37-16-24(30)31/h1-10,13H,11-12,14-16H2,(H,32,33). The molecule has 0 atom stereocenters. The molecule has 0 fully saturated rings. The maximum absolute atomic E-state index is 12.7. The van der Waals surface area contributed by atoms with Gasteiger partial charge >= 0.3 is 12.1 Å². The number of halogens is 2. The number of ether oxygens (including phenoxy) is 2. The van der Waals surface area contributed by atoms with Crippen LogP contribution in [0.3, 0.4) is 0 Å². The lowest BCUT2D eigenvalue weighted by molar-refractivity contribution is -0.138. The highest BCUT2D eigenvalue weighted by Gasteiger charge is 2.24. The Morgan fingerprint density at radius 1 is 1.05 bits per heavy atom. The van der Waals surface area contributed by atoms with Crippen LogP contribution in [0.1, 0.15) is 5.56 Å². The molecule has 8 nitrogen and oxygen atoms in total. The van der Waals surface area contributed by atoms with Crippen molar-refractivity contribution in [2.45, 2.75) is 11.4 Å². The summed E-state index contributed by atoms with van der Waals surface area (Å²) in [5.41, 5.74) is 1.55. The van der Waals surface area contributed by atoms with Gasteiger partial charge < -0.3 is 19.5 Å². The van der Waals surface area contributed by atoms with Crippen molar-refractivity contribution < 1.29 is 29.0 Å². The molecule has 0 unspecified atom stereocenters. The fourth-order valence-electron chi connectivity index (χ4n) is 3.63. The molecule has 1 aliphatic rings. The monoisotopic (exact) mass is 560 g/mol. The van der Waals surface area contributed by atoms with Gasteiger partial charge in [0.2, 0.25) is 5.91 Å². The number of hydrogen-bond donors (Lipinski definition) is 1. The number of anilines is 1. The number of nitrogens with zero attached hydrogens (tertiary/aromatic N) is 2. The highest BCUT2D eigenvalue weighted by Crippen LogP contribution is 2.34. The van der Waals surface area contributed by atoms with Gasteiger partial charge in [0.05, 0.1) is 23.0 Å². The molecule has 0 saturated carbocycles. The van der Waals surface area contributed by atoms with E-state index in [9.17, 15) is 19.5 Å². The number of fused-ring (bicyclic) bond motifs is 1. The average Bonchev–Trinajstić information content (AvgIpc) is 2.88. The number of aliphatic carboxylic acids is 1. The first-order chi connectivity index (χ1) is 17.8. The fraction of sp³-hybridized carbons (Fsp3) is 0.192. The molecule has 1 aliphatic heterocycles. The molecule has 3 aromatic rings. The molecule has 4 rings (SSSR count). The minimum absolute atomic E-state index is 0.0136. The molecule has 192 valence electrons. The number of thioether (sulfide) groups is 1. The molecular formula is C26H22Cl2N2O6S. The summed E-state index contributed by atoms with van der Waals surface area (Å²) in [4.78, 5) is 40.2. The molecule has 2 amide bonds. The Bertz CT molecular complexity index is 1300. The SMILES string of the molecule is O=C(O)CN(Cc1ccc(OCCN2C(=O)CSc3ccccc32)cc1)C(=O)Oc1cc(Cl)ccc1Cl. The van der Waals surface area contributed by atoms with Crippen LogP contribution in [-0.2, 0) is 16.1 Å². The number of carbonyl (C=O) groups excluding carboxylic acids is 2. The third-order valence-corrected chi connectivity index (χ3v) is 6.96. The van der Waals surface area contributed by atoms with E-state index >= 15 is 0 Å². The number of para-hydroxylation sites is 1. The van der Waals surface area contributed by atoms with Gasteiger partial charge in [0, 0.05) is 22.5 Å². The van der Waals surface area contributed by atoms with Crippen molar-refractivity contribution in [2.75, 3.05) is 30.3 Å². The zero-order valence-electron chi connectivity index (χ0n) is 19.4. The van der Waals surface area contributed by atoms with E-state index in [0.717, 1.165) is 15.5 Å². The van der Waals surface area contributed by atoms with Gasteiger partial charge in [0.25, 0.3) is 0 Å². The highest BCUT2D eigenvalue weighted by molar-refractivity contribution is 8.00. The summed E-state index contributed by atoms with van der Waals surface area (Å²) in [6, 6.07) is 19.0. The Labute approximate surface area is 227 Å². The summed E-state index contributed by atoms with van der Waals surface area (Å²) in [6.45, 7) is 0.115. The normalized spacial score (nSPS) is 12.6. The van der Waals surface area contributed by atoms with Crippen LogP contribution in [0.25, 0.3) is 0 Å². The Kier molecular flexibility index (Phi) is 8.81. The summed E-state index contributed by atoms with van der Waals surface area (Å²) in [5.74, 6) is -0.154. The predicted molar refractivity (Wildman–Crippen MR) is 142 cm³/mol. The first-order valence-electron chi connectivity index (χ1n) is 11.2. The van der Waals surface area contributed by atoms with Gasteiger partial charge in [0.1, 0.15) is 18.9 Å². The molecule has 0 aliphatic carbocycles. The number of carbonyl (C=O) groups is 3. The second kappa shape index (κ2) is 12.2. The van der Waals surface area contributed by atoms with E-state index in [1.54, 1.807) is 35.2 Å². The van der Waals surface area contributed by atoms with Gasteiger partial charge in [-0.2, -0.15) is 0 Å². The van der Waals surface area contributed by atoms with E-state index in [4.69, 9.17) is 32.7 Å². The molecule has 1 N–H and O–H groups in total. The Morgan fingerprint density at radius 2 is 1.81 bits per heavy atom. The highest BCUT2D eigenvalue weighted by atomic mass is 35.5. The maximum Gasteiger partial charge on any atom is 0.416 e. The van der Waals surface area contributed by atoms with Crippen molar-refractivity contribution in [1.82, 2.24) is 4.90 Å². The summed E-state index contributed by atoms with van der Waals surface area (Å²) in [7, 11) is 0. The molecule has 37 heavy (non-hydrogen) atoms. The van der Waals surface area contributed by atoms with Crippen LogP contribution >= 0.6 is 35.0 Å². The van der Waals surface area contributed by atoms with Crippen LogP contribution in [0, 0.1) is 0 Å². The lowest BCUT2D eigenvalue weighted by atomic mass is 10.2. The topological polar surface area (TPSA) is 96.4 Å². The van der Waals surface area contributed by atoms with Gasteiger partial charge in [-0.05, 0) is 42.0 Å². The number of carboxylic acid groups (broad SMARTS) is 1. The van der Waals surface area contributed by atoms with Crippen molar-refractivity contribution in [3.63, 3.8) is 0 Å². The van der Waals surface area contributed by atoms with Crippen molar-refractivity contribution in [3.05, 3.63) is 82.3 Å². The Morgan fingerprint density at radius 3 is 2.57 bits per heavy atom. The minimum Gasteiger partial charge on any atom is -0.492 e. The molecule has 0 spiro atoms. The molecule has 0 saturated heterocycles. The van der Waals surface area contributed by atoms with Gasteiger partial charge in [0.15, 0.2) is 5.75 Å². The van der Waals surface area contributed by atoms with Crippen molar-refractivity contribution >= 4 is 58.6 Å². The van der Waals surface area contributed by atoms with Gasteiger partial charge in [-0.15, -0.1) is 11.8 Å². The Hall–Kier alpha value is -3.40. The maximum atomic E-state index is 12.7. The number of amides is 2. The Balaban J connectivity index is 1.35. The van der Waals surface area contributed by atoms with Crippen LogP contribution in [0.4, 0.5) is 10.5 Å². The minimum atomic E-state index is -1.19. The third kappa shape index (κ3) is 7.09. The van der Waals surface area contributed by atoms with Crippen LogP contribution in [0.2, 0.25) is 10.0 Å². The van der Waals surface area contributed by atoms with E-state index < -0.39 is 18.6 Å². The second-order valence-corrected chi connectivity index (χ2v) is 9.85. The average molecular weight is 561 g/mol. The summed E-state index contributed by atoms with van der Waals surface area (Å²) >= 11 is 13.5. The van der Waals surface area contributed by atoms with Gasteiger partial charge in [-0.1, -0.05) is 47.5 Å². The van der Waals surface area contributed by atoms with E-state index in [2.05, 4.69) is 0 Å². The van der Waals surface area contributed by atoms with Crippen molar-refractivity contribution in [3.8, 4) is 11.5 Å². The predicted octanol–water partition coefficient (Wildman–Crippen LogP) is 5.60. The first kappa shape index (κ1) is 26.7. The van der Waals surface area contributed by atoms with Crippen LogP contribution in [-0.4, -0.2) is 53.4 Å². The van der Waals surface area contributed by atoms with Gasteiger partial charge in [-0.3, -0.25) is 14.5 Å². The smallest absolute Gasteiger partial charge is 0.416 e. The van der Waals surface area contributed by atoms with E-state index in [1.165, 1.54) is 23.9 Å². The first-order valence-corrected chi connectivity index (χ1v) is 12.9. The van der Waals surface area contributed by atoms with Crippen molar-refractivity contribution in [2.24, 2.45) is 0 Å². The number of hydrogen-bond acceptors (Lipinski definition) is 6. The molecule has 0 bridgehead atoms. The fourth-order valence-corrected chi connectivity index (χ4v) is 4.88. The zero-order valence-corrected chi connectivity index (χ0v) is 21.8. The summed E-state index contributed by atoms with van der Waals surface area (Å²) in [6.07, 6.45) is -0.878. The second-order valence-electron chi connectivity index (χ2n) is 7.99. The number of rotatable bonds is 9. The lowest BCUT2D eigenvalue weighted by Crippen LogP contribution is -2.38. The van der Waals surface area contributed by atoms with Gasteiger partial charge in [-0.25, -0.2) is 4.79 Å². The number of carboxylic acids is 1. The van der Waals surface area contributed by atoms with Crippen LogP contribution in [0.5, 0.6) is 11.5 Å². The summed E-state index contributed by atoms with van der Waals surface area (Å²) < 4.78 is 11.1. The van der Waals surface area contributed by atoms with E-state index in [0.29, 0.717) is 35.2 Å². The quantitative estimate of drug-likeness (QED) is 0.364.